The molecule has 0 aliphatic heterocycles. The number of methoxy groups -OCH3 is 1. The highest BCUT2D eigenvalue weighted by Crippen LogP contribution is 2.44. The van der Waals surface area contributed by atoms with Crippen LogP contribution in [0.2, 0.25) is 36.3 Å². The molecule has 5 nitrogen and oxygen atoms in total. The number of carbonyl (C=O) groups excluding carboxylic acids is 2. The van der Waals surface area contributed by atoms with E-state index in [1.54, 1.807) is 0 Å². The smallest absolute Gasteiger partial charge is 0.341 e. The number of hydrogen-bond donors (Lipinski definition) is 0. The van der Waals surface area contributed by atoms with Gasteiger partial charge < -0.3 is 18.4 Å². The quantitative estimate of drug-likeness (QED) is 0.276. The zero-order valence-electron chi connectivity index (χ0n) is 20.9. The number of esters is 1. The Morgan fingerprint density at radius 1 is 0.933 bits per heavy atom. The Labute approximate surface area is 184 Å². The number of rotatable bonds is 7. The minimum atomic E-state index is -2.26. The second-order valence-corrected chi connectivity index (χ2v) is 20.4. The maximum absolute atomic E-state index is 12.7. The Kier molecular flexibility index (Phi) is 7.81. The summed E-state index contributed by atoms with van der Waals surface area (Å²) >= 11 is 0. The van der Waals surface area contributed by atoms with Crippen molar-refractivity contribution in [3.8, 4) is 11.5 Å². The first kappa shape index (κ1) is 26.4. The van der Waals surface area contributed by atoms with E-state index in [1.807, 2.05) is 13.0 Å². The van der Waals surface area contributed by atoms with Gasteiger partial charge in [0, 0.05) is 12.5 Å². The van der Waals surface area contributed by atoms with Gasteiger partial charge in [-0.1, -0.05) is 41.5 Å². The monoisotopic (exact) mass is 452 g/mol. The molecule has 0 radical (unpaired) electrons. The number of ether oxygens (including phenoxy) is 1. The first-order chi connectivity index (χ1) is 13.4. The van der Waals surface area contributed by atoms with Crippen molar-refractivity contribution in [3.05, 3.63) is 22.8 Å². The average molecular weight is 453 g/mol. The zero-order chi connectivity index (χ0) is 23.7. The van der Waals surface area contributed by atoms with Gasteiger partial charge in [0.2, 0.25) is 8.32 Å². The molecule has 0 N–H and O–H groups in total. The number of aldehydes is 1. The van der Waals surface area contributed by atoms with Gasteiger partial charge >= 0.3 is 5.97 Å². The fraction of sp³-hybridized carbons (Fsp3) is 0.652. The van der Waals surface area contributed by atoms with Crippen molar-refractivity contribution < 1.29 is 23.2 Å². The molecule has 1 aromatic rings. The molecule has 0 saturated heterocycles. The third-order valence-electron chi connectivity index (χ3n) is 6.65. The van der Waals surface area contributed by atoms with Crippen LogP contribution in [0.5, 0.6) is 11.5 Å². The maximum atomic E-state index is 12.7. The Hall–Kier alpha value is -1.61. The molecule has 170 valence electrons. The third kappa shape index (κ3) is 5.55. The predicted molar refractivity (Wildman–Crippen MR) is 128 cm³/mol. The Morgan fingerprint density at radius 3 is 1.73 bits per heavy atom. The van der Waals surface area contributed by atoms with Crippen molar-refractivity contribution in [1.82, 2.24) is 0 Å². The topological polar surface area (TPSA) is 61.8 Å². The molecule has 1 rings (SSSR count). The lowest BCUT2D eigenvalue weighted by Crippen LogP contribution is -2.45. The maximum Gasteiger partial charge on any atom is 0.341 e. The normalized spacial score (nSPS) is 13.1. The standard InChI is InChI=1S/C23H40O5Si2/c1-16-17(13-14-24)20(21(25)26-8)19(28-30(11,12)23(5,6)7)15-18(16)27-29(9,10)22(2,3)4/h14-15H,13H2,1-12H3. The lowest BCUT2D eigenvalue weighted by atomic mass is 9.97. The second-order valence-electron chi connectivity index (χ2n) is 10.9. The van der Waals surface area contributed by atoms with Gasteiger partial charge in [-0.2, -0.15) is 0 Å². The van der Waals surface area contributed by atoms with Gasteiger partial charge in [-0.15, -0.1) is 0 Å². The van der Waals surface area contributed by atoms with Crippen LogP contribution >= 0.6 is 0 Å². The van der Waals surface area contributed by atoms with E-state index in [9.17, 15) is 9.59 Å². The van der Waals surface area contributed by atoms with Crippen LogP contribution in [0.1, 0.15) is 63.0 Å². The molecular formula is C23H40O5Si2. The molecule has 0 spiro atoms. The molecule has 0 aliphatic carbocycles. The van der Waals surface area contributed by atoms with Crippen LogP contribution in [0, 0.1) is 6.92 Å². The summed E-state index contributed by atoms with van der Waals surface area (Å²) in [6.45, 7) is 23.5. The van der Waals surface area contributed by atoms with Crippen LogP contribution in [-0.2, 0) is 16.0 Å². The number of benzene rings is 1. The molecule has 0 saturated carbocycles. The second kappa shape index (κ2) is 8.87. The molecule has 7 heteroatoms. The summed E-state index contributed by atoms with van der Waals surface area (Å²) in [6.07, 6.45) is 0.903. The summed E-state index contributed by atoms with van der Waals surface area (Å²) in [4.78, 5) is 24.2. The first-order valence-corrected chi connectivity index (χ1v) is 16.3. The van der Waals surface area contributed by atoms with E-state index in [0.717, 1.165) is 11.8 Å². The molecule has 0 bridgehead atoms. The Bertz CT molecular complexity index is 799. The van der Waals surface area contributed by atoms with Gasteiger partial charge in [-0.05, 0) is 54.3 Å². The van der Waals surface area contributed by atoms with Gasteiger partial charge in [-0.3, -0.25) is 0 Å². The summed E-state index contributed by atoms with van der Waals surface area (Å²) in [5.41, 5.74) is 1.73. The van der Waals surface area contributed by atoms with Crippen LogP contribution in [0.25, 0.3) is 0 Å². The molecule has 0 unspecified atom stereocenters. The summed E-state index contributed by atoms with van der Waals surface area (Å²) < 4.78 is 18.2. The van der Waals surface area contributed by atoms with Gasteiger partial charge in [0.25, 0.3) is 8.32 Å². The van der Waals surface area contributed by atoms with Crippen LogP contribution in [-0.4, -0.2) is 36.0 Å². The van der Waals surface area contributed by atoms with E-state index in [4.69, 9.17) is 13.6 Å². The van der Waals surface area contributed by atoms with E-state index >= 15 is 0 Å². The van der Waals surface area contributed by atoms with Gasteiger partial charge in [0.1, 0.15) is 23.3 Å². The van der Waals surface area contributed by atoms with Gasteiger partial charge in [0.15, 0.2) is 0 Å². The van der Waals surface area contributed by atoms with Crippen LogP contribution in [0.4, 0.5) is 0 Å². The molecule has 0 heterocycles. The van der Waals surface area contributed by atoms with Crippen molar-refractivity contribution in [1.29, 1.82) is 0 Å². The SMILES string of the molecule is COC(=O)c1c(O[Si](C)(C)C(C)(C)C)cc(O[Si](C)(C)C(C)(C)C)c(C)c1CC=O. The van der Waals surface area contributed by atoms with E-state index in [0.29, 0.717) is 22.6 Å². The summed E-state index contributed by atoms with van der Waals surface area (Å²) in [7, 11) is -3.05. The molecule has 30 heavy (non-hydrogen) atoms. The molecule has 0 aromatic heterocycles. The zero-order valence-corrected chi connectivity index (χ0v) is 22.9. The Balaban J connectivity index is 3.81. The van der Waals surface area contributed by atoms with Crippen LogP contribution in [0.3, 0.4) is 0 Å². The van der Waals surface area contributed by atoms with Crippen molar-refractivity contribution >= 4 is 28.9 Å². The molecule has 1 aromatic carbocycles. The highest BCUT2D eigenvalue weighted by atomic mass is 28.4. The molecule has 0 amide bonds. The molecular weight excluding hydrogens is 412 g/mol. The summed E-state index contributed by atoms with van der Waals surface area (Å²) in [5, 5.41) is -0.0533. The minimum Gasteiger partial charge on any atom is -0.543 e. The van der Waals surface area contributed by atoms with Crippen molar-refractivity contribution in [2.75, 3.05) is 7.11 Å². The minimum absolute atomic E-state index is 0.00569. The van der Waals surface area contributed by atoms with Crippen molar-refractivity contribution in [3.63, 3.8) is 0 Å². The highest BCUT2D eigenvalue weighted by Gasteiger charge is 2.42. The molecule has 0 aliphatic rings. The molecule has 0 atom stereocenters. The summed E-state index contributed by atoms with van der Waals surface area (Å²) in [6, 6.07) is 1.83. The van der Waals surface area contributed by atoms with Crippen molar-refractivity contribution in [2.24, 2.45) is 0 Å². The fourth-order valence-corrected chi connectivity index (χ4v) is 4.58. The van der Waals surface area contributed by atoms with Gasteiger partial charge in [-0.25, -0.2) is 4.79 Å². The lowest BCUT2D eigenvalue weighted by Gasteiger charge is -2.39. The highest BCUT2D eigenvalue weighted by molar-refractivity contribution is 6.75. The average Bonchev–Trinajstić information content (AvgIpc) is 2.56. The van der Waals surface area contributed by atoms with Crippen LogP contribution in [0.15, 0.2) is 6.07 Å². The third-order valence-corrected chi connectivity index (χ3v) is 15.3. The van der Waals surface area contributed by atoms with E-state index < -0.39 is 22.6 Å². The van der Waals surface area contributed by atoms with Crippen LogP contribution < -0.4 is 8.85 Å². The van der Waals surface area contributed by atoms with E-state index in [1.165, 1.54) is 7.11 Å². The van der Waals surface area contributed by atoms with E-state index in [2.05, 4.69) is 67.7 Å². The first-order valence-electron chi connectivity index (χ1n) is 10.5. The van der Waals surface area contributed by atoms with Gasteiger partial charge in [0.05, 0.1) is 7.11 Å². The largest absolute Gasteiger partial charge is 0.543 e. The Morgan fingerprint density at radius 2 is 1.37 bits per heavy atom. The number of carbonyl (C=O) groups is 2. The fourth-order valence-electron chi connectivity index (χ4n) is 2.49. The van der Waals surface area contributed by atoms with Crippen molar-refractivity contribution in [2.45, 2.75) is 91.2 Å². The predicted octanol–water partition coefficient (Wildman–Crippen LogP) is 6.29. The molecule has 0 fully saturated rings. The number of hydrogen-bond acceptors (Lipinski definition) is 5. The van der Waals surface area contributed by atoms with E-state index in [-0.39, 0.29) is 16.5 Å². The summed E-state index contributed by atoms with van der Waals surface area (Å²) in [5.74, 6) is 0.631. The lowest BCUT2D eigenvalue weighted by molar-refractivity contribution is -0.107.